The van der Waals surface area contributed by atoms with Gasteiger partial charge in [-0.1, -0.05) is 50.5 Å². The molecule has 0 saturated heterocycles. The summed E-state index contributed by atoms with van der Waals surface area (Å²) in [6, 6.07) is 12.9. The highest BCUT2D eigenvalue weighted by atomic mass is 79.9. The quantitative estimate of drug-likeness (QED) is 0.155. The summed E-state index contributed by atoms with van der Waals surface area (Å²) in [7, 11) is -3.90. The van der Waals surface area contributed by atoms with E-state index in [1.165, 1.54) is 42.4 Å². The Morgan fingerprint density at radius 1 is 1.00 bits per heavy atom. The van der Waals surface area contributed by atoms with Crippen LogP contribution in [0, 0.1) is 19.8 Å². The molecule has 2 rings (SSSR count). The van der Waals surface area contributed by atoms with Crippen molar-refractivity contribution in [3.8, 4) is 5.75 Å². The Bertz CT molecular complexity index is 931. The summed E-state index contributed by atoms with van der Waals surface area (Å²) in [5, 5.41) is 3.22. The van der Waals surface area contributed by atoms with Gasteiger partial charge in [0, 0.05) is 6.54 Å². The molecule has 0 saturated carbocycles. The summed E-state index contributed by atoms with van der Waals surface area (Å²) in [5.41, 5.74) is 5.27. The van der Waals surface area contributed by atoms with Crippen molar-refractivity contribution < 1.29 is 19.1 Å². The van der Waals surface area contributed by atoms with Crippen LogP contribution in [0.2, 0.25) is 0 Å². The van der Waals surface area contributed by atoms with Crippen LogP contribution in [0.4, 0.5) is 0 Å². The van der Waals surface area contributed by atoms with Crippen molar-refractivity contribution in [2.24, 2.45) is 5.92 Å². The van der Waals surface area contributed by atoms with Crippen LogP contribution in [0.15, 0.2) is 40.9 Å². The van der Waals surface area contributed by atoms with E-state index in [0.717, 1.165) is 28.6 Å². The molecular formula is C27H41BrNO4P. The van der Waals surface area contributed by atoms with Crippen LogP contribution in [0.3, 0.4) is 0 Å². The number of aryl methyl sites for hydroxylation is 2. The normalized spacial score (nSPS) is 12.6. The van der Waals surface area contributed by atoms with Crippen LogP contribution in [0.1, 0.15) is 67.7 Å². The Morgan fingerprint density at radius 2 is 1.74 bits per heavy atom. The predicted molar refractivity (Wildman–Crippen MR) is 145 cm³/mol. The van der Waals surface area contributed by atoms with Gasteiger partial charge in [-0.15, -0.1) is 0 Å². The Kier molecular flexibility index (Phi) is 12.9. The first kappa shape index (κ1) is 29.1. The van der Waals surface area contributed by atoms with Gasteiger partial charge in [0.15, 0.2) is 0 Å². The van der Waals surface area contributed by atoms with Crippen molar-refractivity contribution in [2.75, 3.05) is 19.3 Å². The molecule has 0 amide bonds. The number of nitrogens with one attached hydrogen (secondary N) is 1. The lowest BCUT2D eigenvalue weighted by atomic mass is 9.89. The van der Waals surface area contributed by atoms with Crippen LogP contribution in [0.5, 0.6) is 5.75 Å². The molecule has 0 radical (unpaired) electrons. The highest BCUT2D eigenvalue weighted by Crippen LogP contribution is 2.34. The third-order valence-electron chi connectivity index (χ3n) is 6.20. The van der Waals surface area contributed by atoms with Gasteiger partial charge in [-0.2, -0.15) is 0 Å². The lowest BCUT2D eigenvalue weighted by molar-refractivity contribution is 0.285. The van der Waals surface area contributed by atoms with E-state index >= 15 is 0 Å². The molecule has 0 heterocycles. The fraction of sp³-hybridized carbons (Fsp3) is 0.556. The lowest BCUT2D eigenvalue weighted by Crippen LogP contribution is -2.15. The van der Waals surface area contributed by atoms with Gasteiger partial charge < -0.3 is 19.8 Å². The molecule has 0 bridgehead atoms. The molecule has 2 aromatic carbocycles. The number of hydrogen-bond donors (Lipinski definition) is 3. The Morgan fingerprint density at radius 3 is 2.41 bits per heavy atom. The van der Waals surface area contributed by atoms with E-state index in [4.69, 9.17) is 14.5 Å². The van der Waals surface area contributed by atoms with Crippen LogP contribution in [-0.4, -0.2) is 29.1 Å². The van der Waals surface area contributed by atoms with Crippen LogP contribution in [0.25, 0.3) is 0 Å². The zero-order valence-corrected chi connectivity index (χ0v) is 23.3. The lowest BCUT2D eigenvalue weighted by Gasteiger charge is -2.18. The second-order valence-corrected chi connectivity index (χ2v) is 11.9. The first-order chi connectivity index (χ1) is 16.2. The summed E-state index contributed by atoms with van der Waals surface area (Å²) in [4.78, 5) is 17.8. The maximum absolute atomic E-state index is 10.9. The molecule has 0 aliphatic carbocycles. The molecule has 1 unspecified atom stereocenters. The van der Waals surface area contributed by atoms with Gasteiger partial charge in [0.1, 0.15) is 5.75 Å². The molecule has 0 fully saturated rings. The SMILES string of the molecule is CCCCC(CCCOc1ccc(CNCCCP(=O)(O)O)cc1Br)Cc1ccc(C)c(C)c1. The van der Waals surface area contributed by atoms with Crippen LogP contribution in [-0.2, 0) is 17.5 Å². The molecule has 0 aliphatic heterocycles. The molecule has 5 nitrogen and oxygen atoms in total. The molecule has 7 heteroatoms. The van der Waals surface area contributed by atoms with Crippen molar-refractivity contribution in [3.05, 3.63) is 63.1 Å². The standard InChI is InChI=1S/C27H41BrNO4P/c1-4-5-8-23(18-24-11-10-21(2)22(3)17-24)9-6-15-33-27-13-12-25(19-26(27)28)20-29-14-7-16-34(30,31)32/h10-13,17,19,23,29H,4-9,14-16,18,20H2,1-3H3,(H2,30,31,32). The van der Waals surface area contributed by atoms with Crippen LogP contribution < -0.4 is 10.1 Å². The van der Waals surface area contributed by atoms with Gasteiger partial charge in [-0.05, 0) is 102 Å². The van der Waals surface area contributed by atoms with E-state index < -0.39 is 7.60 Å². The Hall–Kier alpha value is -1.17. The maximum atomic E-state index is 10.9. The summed E-state index contributed by atoms with van der Waals surface area (Å²) >= 11 is 3.61. The molecular weight excluding hydrogens is 513 g/mol. The summed E-state index contributed by atoms with van der Waals surface area (Å²) in [6.07, 6.45) is 7.49. The summed E-state index contributed by atoms with van der Waals surface area (Å²) in [5.74, 6) is 1.54. The zero-order valence-electron chi connectivity index (χ0n) is 20.9. The number of benzene rings is 2. The van der Waals surface area contributed by atoms with E-state index in [1.807, 2.05) is 18.2 Å². The minimum absolute atomic E-state index is 0.0829. The van der Waals surface area contributed by atoms with Gasteiger partial charge in [0.05, 0.1) is 17.2 Å². The molecule has 2 aromatic rings. The monoisotopic (exact) mass is 553 g/mol. The average Bonchev–Trinajstić information content (AvgIpc) is 2.77. The van der Waals surface area contributed by atoms with E-state index in [0.29, 0.717) is 32.0 Å². The van der Waals surface area contributed by atoms with E-state index in [1.54, 1.807) is 0 Å². The Labute approximate surface area is 214 Å². The van der Waals surface area contributed by atoms with Crippen molar-refractivity contribution in [2.45, 2.75) is 72.3 Å². The van der Waals surface area contributed by atoms with Gasteiger partial charge in [-0.3, -0.25) is 4.57 Å². The molecule has 0 aliphatic rings. The van der Waals surface area contributed by atoms with Gasteiger partial charge in [0.25, 0.3) is 0 Å². The molecule has 190 valence electrons. The predicted octanol–water partition coefficient (Wildman–Crippen LogP) is 6.93. The first-order valence-electron chi connectivity index (χ1n) is 12.4. The Balaban J connectivity index is 1.76. The molecule has 0 aromatic heterocycles. The third kappa shape index (κ3) is 11.5. The van der Waals surface area contributed by atoms with Crippen molar-refractivity contribution in [3.63, 3.8) is 0 Å². The van der Waals surface area contributed by atoms with Crippen molar-refractivity contribution in [1.82, 2.24) is 5.32 Å². The van der Waals surface area contributed by atoms with Gasteiger partial charge in [-0.25, -0.2) is 0 Å². The van der Waals surface area contributed by atoms with E-state index in [2.05, 4.69) is 60.2 Å². The van der Waals surface area contributed by atoms with Crippen LogP contribution >= 0.6 is 23.5 Å². The van der Waals surface area contributed by atoms with Crippen molar-refractivity contribution >= 4 is 23.5 Å². The fourth-order valence-corrected chi connectivity index (χ4v) is 5.18. The molecule has 0 spiro atoms. The number of rotatable bonds is 16. The molecule has 34 heavy (non-hydrogen) atoms. The maximum Gasteiger partial charge on any atom is 0.325 e. The van der Waals surface area contributed by atoms with E-state index in [-0.39, 0.29) is 6.16 Å². The second kappa shape index (κ2) is 15.1. The summed E-state index contributed by atoms with van der Waals surface area (Å²) in [6.45, 7) is 8.55. The summed E-state index contributed by atoms with van der Waals surface area (Å²) < 4.78 is 17.9. The zero-order chi connectivity index (χ0) is 25.0. The smallest absolute Gasteiger partial charge is 0.325 e. The number of hydrogen-bond acceptors (Lipinski definition) is 3. The van der Waals surface area contributed by atoms with E-state index in [9.17, 15) is 4.57 Å². The molecule has 3 N–H and O–H groups in total. The first-order valence-corrected chi connectivity index (χ1v) is 15.0. The molecule has 1 atom stereocenters. The number of ether oxygens (including phenoxy) is 1. The second-order valence-electron chi connectivity index (χ2n) is 9.31. The van der Waals surface area contributed by atoms with Gasteiger partial charge >= 0.3 is 7.60 Å². The highest BCUT2D eigenvalue weighted by molar-refractivity contribution is 9.10. The van der Waals surface area contributed by atoms with Gasteiger partial charge in [0.2, 0.25) is 0 Å². The minimum Gasteiger partial charge on any atom is -0.492 e. The third-order valence-corrected chi connectivity index (χ3v) is 7.72. The largest absolute Gasteiger partial charge is 0.492 e. The topological polar surface area (TPSA) is 78.8 Å². The average molecular weight is 555 g/mol. The number of unbranched alkanes of at least 4 members (excludes halogenated alkanes) is 1. The number of halogens is 1. The van der Waals surface area contributed by atoms with Crippen molar-refractivity contribution in [1.29, 1.82) is 0 Å². The minimum atomic E-state index is -3.90. The highest BCUT2D eigenvalue weighted by Gasteiger charge is 2.12. The fourth-order valence-electron chi connectivity index (χ4n) is 4.07.